The Kier molecular flexibility index (Phi) is 4.44. The Bertz CT molecular complexity index is 2550. The van der Waals surface area contributed by atoms with Crippen LogP contribution in [0, 0.1) is 0 Å². The Morgan fingerprint density at radius 2 is 1.10 bits per heavy atom. The lowest BCUT2D eigenvalue weighted by Gasteiger charge is -2.11. The van der Waals surface area contributed by atoms with Gasteiger partial charge in [0, 0.05) is 43.7 Å². The maximum atomic E-state index is 13.1. The molecule has 0 bridgehead atoms. The van der Waals surface area contributed by atoms with E-state index in [1.807, 2.05) is 36.4 Å². The van der Waals surface area contributed by atoms with Crippen LogP contribution in [-0.4, -0.2) is 9.13 Å². The Labute approximate surface area is 233 Å². The Morgan fingerprint density at radius 1 is 0.439 bits per heavy atom. The van der Waals surface area contributed by atoms with Crippen molar-refractivity contribution >= 4 is 65.4 Å². The van der Waals surface area contributed by atoms with Crippen molar-refractivity contribution in [1.29, 1.82) is 0 Å². The summed E-state index contributed by atoms with van der Waals surface area (Å²) >= 11 is 0. The summed E-state index contributed by atoms with van der Waals surface area (Å²) in [6.45, 7) is 0. The maximum absolute atomic E-state index is 13.1. The van der Waals surface area contributed by atoms with E-state index in [2.05, 4.69) is 106 Å². The highest BCUT2D eigenvalue weighted by Gasteiger charge is 2.21. The number of rotatable bonds is 2. The lowest BCUT2D eigenvalue weighted by atomic mass is 10.1. The van der Waals surface area contributed by atoms with Crippen molar-refractivity contribution in [2.24, 2.45) is 0 Å². The number of hydrogen-bond donors (Lipinski definition) is 0. The molecule has 0 saturated carbocycles. The molecule has 0 aliphatic rings. The molecule has 0 atom stereocenters. The van der Waals surface area contributed by atoms with Gasteiger partial charge in [0.05, 0.1) is 27.5 Å². The predicted octanol–water partition coefficient (Wildman–Crippen LogP) is 9.14. The molecular weight excluding hydrogens is 504 g/mol. The molecule has 3 heterocycles. The van der Waals surface area contributed by atoms with Crippen LogP contribution in [0.25, 0.3) is 76.7 Å². The Balaban J connectivity index is 1.45. The van der Waals surface area contributed by atoms with Gasteiger partial charge in [-0.05, 0) is 48.5 Å². The van der Waals surface area contributed by atoms with E-state index in [0.717, 1.165) is 33.2 Å². The van der Waals surface area contributed by atoms with Crippen LogP contribution in [0.5, 0.6) is 0 Å². The van der Waals surface area contributed by atoms with Crippen LogP contribution < -0.4 is 5.63 Å². The molecule has 0 aliphatic carbocycles. The fourth-order valence-electron chi connectivity index (χ4n) is 6.64. The van der Waals surface area contributed by atoms with E-state index in [1.165, 1.54) is 32.6 Å². The molecule has 0 amide bonds. The monoisotopic (exact) mass is 526 g/mol. The summed E-state index contributed by atoms with van der Waals surface area (Å²) in [5.41, 5.74) is 6.85. The topological polar surface area (TPSA) is 40.1 Å². The molecule has 4 nitrogen and oxygen atoms in total. The van der Waals surface area contributed by atoms with Crippen LogP contribution in [-0.2, 0) is 0 Å². The minimum atomic E-state index is -0.326. The molecule has 3 aromatic heterocycles. The van der Waals surface area contributed by atoms with Gasteiger partial charge >= 0.3 is 5.63 Å². The van der Waals surface area contributed by atoms with Crippen LogP contribution >= 0.6 is 0 Å². The molecule has 9 rings (SSSR count). The number of hydrogen-bond acceptors (Lipinski definition) is 2. The predicted molar refractivity (Wildman–Crippen MR) is 169 cm³/mol. The van der Waals surface area contributed by atoms with Crippen molar-refractivity contribution in [3.05, 3.63) is 144 Å². The summed E-state index contributed by atoms with van der Waals surface area (Å²) in [5, 5.41) is 7.19. The van der Waals surface area contributed by atoms with E-state index >= 15 is 0 Å². The van der Waals surface area contributed by atoms with E-state index in [4.69, 9.17) is 4.42 Å². The second kappa shape index (κ2) is 8.20. The second-order valence-electron chi connectivity index (χ2n) is 10.5. The summed E-state index contributed by atoms with van der Waals surface area (Å²) in [4.78, 5) is 13.1. The van der Waals surface area contributed by atoms with Gasteiger partial charge in [-0.1, -0.05) is 84.9 Å². The molecule has 6 aromatic carbocycles. The summed E-state index contributed by atoms with van der Waals surface area (Å²) in [5.74, 6) is 0. The standard InChI is InChI=1S/C37H22N2O2/c40-37-30-22-24(18-19-25(30)27-13-6-9-17-34(27)41-37)38-32-16-8-5-14-29(32)35-33(38)21-20-28-26-12-4-7-15-31(26)39(36(28)35)23-10-2-1-3-11-23/h1-22H. The number of fused-ring (bicyclic) bond motifs is 10. The minimum Gasteiger partial charge on any atom is -0.422 e. The molecule has 0 fully saturated rings. The van der Waals surface area contributed by atoms with E-state index in [9.17, 15) is 4.79 Å². The molecule has 0 saturated heterocycles. The number of nitrogens with zero attached hydrogens (tertiary/aromatic N) is 2. The smallest absolute Gasteiger partial charge is 0.344 e. The highest BCUT2D eigenvalue weighted by Crippen LogP contribution is 2.42. The van der Waals surface area contributed by atoms with Crippen molar-refractivity contribution in [1.82, 2.24) is 9.13 Å². The summed E-state index contributed by atoms with van der Waals surface area (Å²) in [7, 11) is 0. The van der Waals surface area contributed by atoms with Gasteiger partial charge in [0.2, 0.25) is 0 Å². The first-order valence-electron chi connectivity index (χ1n) is 13.7. The molecule has 0 spiro atoms. The number of aromatic nitrogens is 2. The van der Waals surface area contributed by atoms with Crippen LogP contribution in [0.2, 0.25) is 0 Å². The summed E-state index contributed by atoms with van der Waals surface area (Å²) in [6.07, 6.45) is 0. The van der Waals surface area contributed by atoms with Crippen molar-refractivity contribution < 1.29 is 4.42 Å². The van der Waals surface area contributed by atoms with Gasteiger partial charge in [-0.25, -0.2) is 4.79 Å². The van der Waals surface area contributed by atoms with E-state index < -0.39 is 0 Å². The SMILES string of the molecule is O=c1oc2ccccc2c2ccc(-n3c4ccccc4c4c3ccc3c5ccccc5n(-c5ccccc5)c34)cc12. The third kappa shape index (κ3) is 3.02. The van der Waals surface area contributed by atoms with Gasteiger partial charge in [-0.15, -0.1) is 0 Å². The highest BCUT2D eigenvalue weighted by molar-refractivity contribution is 6.26. The molecule has 0 aliphatic heterocycles. The fourth-order valence-corrected chi connectivity index (χ4v) is 6.64. The highest BCUT2D eigenvalue weighted by atomic mass is 16.4. The number of para-hydroxylation sites is 4. The summed E-state index contributed by atoms with van der Waals surface area (Å²) < 4.78 is 10.4. The molecule has 0 radical (unpaired) electrons. The van der Waals surface area contributed by atoms with Gasteiger partial charge < -0.3 is 13.6 Å². The maximum Gasteiger partial charge on any atom is 0.344 e. The first-order valence-corrected chi connectivity index (χ1v) is 13.7. The molecule has 0 unspecified atom stereocenters. The minimum absolute atomic E-state index is 0.326. The quantitative estimate of drug-likeness (QED) is 0.166. The van der Waals surface area contributed by atoms with Crippen molar-refractivity contribution in [3.63, 3.8) is 0 Å². The fraction of sp³-hybridized carbons (Fsp3) is 0. The van der Waals surface area contributed by atoms with E-state index in [0.29, 0.717) is 11.0 Å². The normalized spacial score (nSPS) is 12.0. The van der Waals surface area contributed by atoms with Crippen LogP contribution in [0.15, 0.2) is 143 Å². The molecule has 192 valence electrons. The third-order valence-corrected chi connectivity index (χ3v) is 8.35. The molecule has 41 heavy (non-hydrogen) atoms. The van der Waals surface area contributed by atoms with Crippen LogP contribution in [0.3, 0.4) is 0 Å². The van der Waals surface area contributed by atoms with Crippen LogP contribution in [0.4, 0.5) is 0 Å². The molecule has 9 aromatic rings. The molecular formula is C37H22N2O2. The van der Waals surface area contributed by atoms with Crippen molar-refractivity contribution in [3.8, 4) is 11.4 Å². The first kappa shape index (κ1) is 22.2. The van der Waals surface area contributed by atoms with Gasteiger partial charge in [0.25, 0.3) is 0 Å². The van der Waals surface area contributed by atoms with E-state index in [1.54, 1.807) is 0 Å². The van der Waals surface area contributed by atoms with Gasteiger partial charge in [0.1, 0.15) is 5.58 Å². The molecule has 4 heteroatoms. The zero-order valence-electron chi connectivity index (χ0n) is 21.9. The average molecular weight is 527 g/mol. The third-order valence-electron chi connectivity index (χ3n) is 8.35. The van der Waals surface area contributed by atoms with Crippen molar-refractivity contribution in [2.45, 2.75) is 0 Å². The van der Waals surface area contributed by atoms with Gasteiger partial charge in [0.15, 0.2) is 0 Å². The lowest BCUT2D eigenvalue weighted by molar-refractivity contribution is 0.569. The van der Waals surface area contributed by atoms with Crippen molar-refractivity contribution in [2.75, 3.05) is 0 Å². The van der Waals surface area contributed by atoms with Gasteiger partial charge in [-0.3, -0.25) is 0 Å². The Morgan fingerprint density at radius 3 is 1.93 bits per heavy atom. The number of benzene rings is 6. The summed E-state index contributed by atoms with van der Waals surface area (Å²) in [6, 6.07) is 46.0. The first-order chi connectivity index (χ1) is 20.3. The van der Waals surface area contributed by atoms with Gasteiger partial charge in [-0.2, -0.15) is 0 Å². The zero-order valence-corrected chi connectivity index (χ0v) is 21.9. The lowest BCUT2D eigenvalue weighted by Crippen LogP contribution is -2.02. The molecule has 0 N–H and O–H groups in total. The zero-order chi connectivity index (χ0) is 27.1. The Hall–Kier alpha value is -5.61. The second-order valence-corrected chi connectivity index (χ2v) is 10.5. The average Bonchev–Trinajstić information content (AvgIpc) is 3.54. The largest absolute Gasteiger partial charge is 0.422 e. The van der Waals surface area contributed by atoms with Crippen LogP contribution in [0.1, 0.15) is 0 Å². The van der Waals surface area contributed by atoms with E-state index in [-0.39, 0.29) is 5.63 Å².